The van der Waals surface area contributed by atoms with Crippen LogP contribution >= 0.6 is 0 Å². The zero-order valence-corrected chi connectivity index (χ0v) is 13.4. The van der Waals surface area contributed by atoms with Crippen molar-refractivity contribution in [2.45, 2.75) is 39.5 Å². The van der Waals surface area contributed by atoms with Crippen molar-refractivity contribution >= 4 is 16.9 Å². The normalized spacial score (nSPS) is 18.8. The van der Waals surface area contributed by atoms with Gasteiger partial charge in [-0.1, -0.05) is 38.5 Å². The highest BCUT2D eigenvalue weighted by molar-refractivity contribution is 6.05. The quantitative estimate of drug-likeness (QED) is 0.937. The molecule has 4 nitrogen and oxygen atoms in total. The Labute approximate surface area is 131 Å². The molecule has 22 heavy (non-hydrogen) atoms. The molecule has 1 aromatic heterocycles. The lowest BCUT2D eigenvalue weighted by atomic mass is 10.0. The molecule has 0 bridgehead atoms. The number of benzene rings is 1. The Kier molecular flexibility index (Phi) is 4.10. The molecule has 1 fully saturated rings. The summed E-state index contributed by atoms with van der Waals surface area (Å²) < 4.78 is 2.19. The van der Waals surface area contributed by atoms with Crippen molar-refractivity contribution in [1.29, 1.82) is 0 Å². The Hall–Kier alpha value is -1.97. The lowest BCUT2D eigenvalue weighted by molar-refractivity contribution is 0.0697. The monoisotopic (exact) mass is 300 g/mol. The van der Waals surface area contributed by atoms with E-state index < -0.39 is 5.97 Å². The molecule has 0 amide bonds. The second-order valence-electron chi connectivity index (χ2n) is 6.37. The largest absolute Gasteiger partial charge is 0.478 e. The van der Waals surface area contributed by atoms with Crippen LogP contribution in [0.15, 0.2) is 24.3 Å². The Morgan fingerprint density at radius 2 is 2.14 bits per heavy atom. The summed E-state index contributed by atoms with van der Waals surface area (Å²) in [6.45, 7) is 6.37. The minimum atomic E-state index is -0.816. The van der Waals surface area contributed by atoms with Gasteiger partial charge in [-0.15, -0.1) is 0 Å². The van der Waals surface area contributed by atoms with E-state index in [0.29, 0.717) is 11.5 Å². The van der Waals surface area contributed by atoms with Crippen LogP contribution in [0, 0.1) is 5.92 Å². The van der Waals surface area contributed by atoms with E-state index in [2.05, 4.69) is 23.5 Å². The fourth-order valence-corrected chi connectivity index (χ4v) is 3.65. The van der Waals surface area contributed by atoms with Crippen LogP contribution in [0.25, 0.3) is 10.9 Å². The predicted molar refractivity (Wildman–Crippen MR) is 89.2 cm³/mol. The molecule has 0 saturated carbocycles. The first-order chi connectivity index (χ1) is 10.6. The first-order valence-corrected chi connectivity index (χ1v) is 8.24. The van der Waals surface area contributed by atoms with Gasteiger partial charge in [-0.3, -0.25) is 4.68 Å². The fraction of sp³-hybridized carbons (Fsp3) is 0.500. The number of fused-ring (bicyclic) bond motifs is 1. The highest BCUT2D eigenvalue weighted by atomic mass is 16.4. The molecule has 0 radical (unpaired) electrons. The predicted octanol–water partition coefficient (Wildman–Crippen LogP) is 3.66. The SMILES string of the molecule is CCCc1c(C(=O)O)c2ccccc2n1N1CCCC(C)C1. The number of aromatic carboxylic acids is 1. The molecular formula is C18H24N2O2. The Morgan fingerprint density at radius 1 is 1.36 bits per heavy atom. The molecular weight excluding hydrogens is 276 g/mol. The van der Waals surface area contributed by atoms with E-state index in [1.54, 1.807) is 0 Å². The van der Waals surface area contributed by atoms with E-state index >= 15 is 0 Å². The minimum Gasteiger partial charge on any atom is -0.478 e. The minimum absolute atomic E-state index is 0.482. The summed E-state index contributed by atoms with van der Waals surface area (Å²) in [6.07, 6.45) is 4.16. The van der Waals surface area contributed by atoms with Gasteiger partial charge in [0.15, 0.2) is 0 Å². The van der Waals surface area contributed by atoms with Gasteiger partial charge in [0.2, 0.25) is 0 Å². The summed E-state index contributed by atoms with van der Waals surface area (Å²) in [4.78, 5) is 11.8. The number of piperidine rings is 1. The number of aromatic nitrogens is 1. The van der Waals surface area contributed by atoms with Crippen molar-refractivity contribution in [3.63, 3.8) is 0 Å². The van der Waals surface area contributed by atoms with E-state index in [-0.39, 0.29) is 0 Å². The molecule has 1 aliphatic rings. The summed E-state index contributed by atoms with van der Waals surface area (Å²) in [5.41, 5.74) is 2.46. The van der Waals surface area contributed by atoms with Crippen LogP contribution in [0.1, 0.15) is 49.2 Å². The Balaban J connectivity index is 2.22. The van der Waals surface area contributed by atoms with Crippen LogP contribution in [0.3, 0.4) is 0 Å². The number of carboxylic acid groups (broad SMARTS) is 1. The second kappa shape index (κ2) is 6.03. The van der Waals surface area contributed by atoms with E-state index in [4.69, 9.17) is 0 Å². The Morgan fingerprint density at radius 3 is 2.82 bits per heavy atom. The highest BCUT2D eigenvalue weighted by Gasteiger charge is 2.26. The smallest absolute Gasteiger partial charge is 0.338 e. The van der Waals surface area contributed by atoms with Crippen molar-refractivity contribution in [3.05, 3.63) is 35.5 Å². The lowest BCUT2D eigenvalue weighted by Gasteiger charge is -2.35. The third-order valence-electron chi connectivity index (χ3n) is 4.56. The summed E-state index contributed by atoms with van der Waals surface area (Å²) in [5.74, 6) is -0.166. The topological polar surface area (TPSA) is 45.5 Å². The summed E-state index contributed by atoms with van der Waals surface area (Å²) >= 11 is 0. The number of hydrogen-bond donors (Lipinski definition) is 1. The molecule has 1 N–H and O–H groups in total. The lowest BCUT2D eigenvalue weighted by Crippen LogP contribution is -2.43. The van der Waals surface area contributed by atoms with Crippen LogP contribution in [-0.2, 0) is 6.42 Å². The average Bonchev–Trinajstić information content (AvgIpc) is 2.81. The molecule has 3 rings (SSSR count). The van der Waals surface area contributed by atoms with Crippen molar-refractivity contribution in [3.8, 4) is 0 Å². The van der Waals surface area contributed by atoms with E-state index in [1.165, 1.54) is 12.8 Å². The highest BCUT2D eigenvalue weighted by Crippen LogP contribution is 2.29. The Bertz CT molecular complexity index is 690. The number of para-hydroxylation sites is 1. The first kappa shape index (κ1) is 14.9. The zero-order valence-electron chi connectivity index (χ0n) is 13.4. The van der Waals surface area contributed by atoms with Gasteiger partial charge in [-0.2, -0.15) is 0 Å². The summed E-state index contributed by atoms with van der Waals surface area (Å²) in [7, 11) is 0. The standard InChI is InChI=1S/C18H24N2O2/c1-3-7-16-17(18(21)22)14-9-4-5-10-15(14)20(16)19-11-6-8-13(2)12-19/h4-5,9-10,13H,3,6-8,11-12H2,1-2H3,(H,21,22). The summed E-state index contributed by atoms with van der Waals surface area (Å²) in [6, 6.07) is 7.89. The molecule has 0 spiro atoms. The van der Waals surface area contributed by atoms with Gasteiger partial charge in [0.25, 0.3) is 0 Å². The number of carbonyl (C=O) groups is 1. The number of rotatable bonds is 4. The molecule has 118 valence electrons. The van der Waals surface area contributed by atoms with Gasteiger partial charge in [0.1, 0.15) is 0 Å². The number of carboxylic acids is 1. The van der Waals surface area contributed by atoms with Crippen LogP contribution in [0.5, 0.6) is 0 Å². The summed E-state index contributed by atoms with van der Waals surface area (Å²) in [5, 5.41) is 12.9. The van der Waals surface area contributed by atoms with Crippen LogP contribution < -0.4 is 5.01 Å². The molecule has 2 aromatic rings. The molecule has 2 heterocycles. The van der Waals surface area contributed by atoms with Gasteiger partial charge in [0.05, 0.1) is 16.8 Å². The number of nitrogens with zero attached hydrogens (tertiary/aromatic N) is 2. The van der Waals surface area contributed by atoms with Crippen molar-refractivity contribution < 1.29 is 9.90 Å². The van der Waals surface area contributed by atoms with Crippen LogP contribution in [0.2, 0.25) is 0 Å². The first-order valence-electron chi connectivity index (χ1n) is 8.24. The molecule has 1 atom stereocenters. The van der Waals surface area contributed by atoms with Gasteiger partial charge in [-0.05, 0) is 31.2 Å². The van der Waals surface area contributed by atoms with E-state index in [9.17, 15) is 9.90 Å². The molecule has 0 aliphatic carbocycles. The van der Waals surface area contributed by atoms with E-state index in [1.807, 2.05) is 24.3 Å². The van der Waals surface area contributed by atoms with Gasteiger partial charge >= 0.3 is 5.97 Å². The van der Waals surface area contributed by atoms with Crippen molar-refractivity contribution in [2.24, 2.45) is 5.92 Å². The molecule has 1 aromatic carbocycles. The zero-order chi connectivity index (χ0) is 15.7. The van der Waals surface area contributed by atoms with Gasteiger partial charge in [0, 0.05) is 18.5 Å². The second-order valence-corrected chi connectivity index (χ2v) is 6.37. The van der Waals surface area contributed by atoms with Crippen molar-refractivity contribution in [1.82, 2.24) is 4.68 Å². The third-order valence-corrected chi connectivity index (χ3v) is 4.56. The maximum Gasteiger partial charge on any atom is 0.338 e. The molecule has 1 aliphatic heterocycles. The van der Waals surface area contributed by atoms with Crippen LogP contribution in [0.4, 0.5) is 0 Å². The maximum absolute atomic E-state index is 11.8. The van der Waals surface area contributed by atoms with Crippen molar-refractivity contribution in [2.75, 3.05) is 18.1 Å². The molecule has 4 heteroatoms. The van der Waals surface area contributed by atoms with Gasteiger partial charge in [-0.25, -0.2) is 4.79 Å². The average molecular weight is 300 g/mol. The molecule has 1 unspecified atom stereocenters. The number of hydrogen-bond acceptors (Lipinski definition) is 2. The van der Waals surface area contributed by atoms with E-state index in [0.717, 1.165) is 42.5 Å². The molecule has 1 saturated heterocycles. The third kappa shape index (κ3) is 2.47. The van der Waals surface area contributed by atoms with Crippen LogP contribution in [-0.4, -0.2) is 28.8 Å². The maximum atomic E-state index is 11.8. The van der Waals surface area contributed by atoms with Gasteiger partial charge < -0.3 is 10.1 Å². The fourth-order valence-electron chi connectivity index (χ4n) is 3.65.